The van der Waals surface area contributed by atoms with Crippen molar-refractivity contribution in [3.8, 4) is 5.75 Å². The van der Waals surface area contributed by atoms with Crippen LogP contribution in [0.25, 0.3) is 10.9 Å². The fourth-order valence-electron chi connectivity index (χ4n) is 2.23. The summed E-state index contributed by atoms with van der Waals surface area (Å²) < 4.78 is 13.7. The molecule has 0 radical (unpaired) electrons. The van der Waals surface area contributed by atoms with Crippen LogP contribution >= 0.6 is 0 Å². The number of ether oxygens (including phenoxy) is 2. The average molecular weight is 275 g/mol. The normalized spacial score (nSPS) is 11.7. The molecule has 1 aromatic heterocycles. The van der Waals surface area contributed by atoms with E-state index < -0.39 is 0 Å². The van der Waals surface area contributed by atoms with Gasteiger partial charge < -0.3 is 14.0 Å². The average Bonchev–Trinajstić information content (AvgIpc) is 2.78. The second kappa shape index (κ2) is 6.80. The van der Waals surface area contributed by atoms with Crippen LogP contribution in [0.5, 0.6) is 5.75 Å². The lowest BCUT2D eigenvalue weighted by Crippen LogP contribution is -2.09. The van der Waals surface area contributed by atoms with Gasteiger partial charge in [-0.05, 0) is 38.0 Å². The monoisotopic (exact) mass is 275 g/mol. The molecule has 0 amide bonds. The van der Waals surface area contributed by atoms with Gasteiger partial charge in [0.2, 0.25) is 0 Å². The Labute approximate surface area is 121 Å². The molecule has 110 valence electrons. The van der Waals surface area contributed by atoms with Gasteiger partial charge in [-0.2, -0.15) is 0 Å². The summed E-state index contributed by atoms with van der Waals surface area (Å²) in [7, 11) is 0. The number of rotatable bonds is 7. The molecule has 0 aliphatic rings. The molecule has 0 saturated carbocycles. The van der Waals surface area contributed by atoms with Crippen LogP contribution < -0.4 is 4.74 Å². The third kappa shape index (κ3) is 3.76. The molecule has 0 atom stereocenters. The molecule has 1 heterocycles. The molecule has 1 aromatic carbocycles. The summed E-state index contributed by atoms with van der Waals surface area (Å²) in [6, 6.07) is 8.33. The summed E-state index contributed by atoms with van der Waals surface area (Å²) in [5, 5.41) is 1.17. The van der Waals surface area contributed by atoms with Crippen molar-refractivity contribution in [3.63, 3.8) is 0 Å². The summed E-state index contributed by atoms with van der Waals surface area (Å²) in [6.07, 6.45) is 2.30. The third-order valence-corrected chi connectivity index (χ3v) is 3.06. The third-order valence-electron chi connectivity index (χ3n) is 3.06. The van der Waals surface area contributed by atoms with E-state index in [9.17, 15) is 0 Å². The number of hydrogen-bond acceptors (Lipinski definition) is 2. The van der Waals surface area contributed by atoms with E-state index in [4.69, 9.17) is 9.47 Å². The molecule has 2 rings (SSSR count). The van der Waals surface area contributed by atoms with Gasteiger partial charge in [0.05, 0.1) is 18.2 Å². The predicted octanol–water partition coefficient (Wildman–Crippen LogP) is 4.10. The number of aromatic nitrogens is 1. The highest BCUT2D eigenvalue weighted by molar-refractivity contribution is 5.86. The van der Waals surface area contributed by atoms with Gasteiger partial charge in [-0.1, -0.05) is 19.9 Å². The van der Waals surface area contributed by atoms with Gasteiger partial charge in [0.25, 0.3) is 0 Å². The highest BCUT2D eigenvalue weighted by Crippen LogP contribution is 2.27. The first-order valence-corrected chi connectivity index (χ1v) is 7.40. The molecule has 3 nitrogen and oxygen atoms in total. The SMILES string of the molecule is CC(C)COCCn1ccc2c(OC(C)C)cccc21. The molecule has 0 saturated heterocycles. The van der Waals surface area contributed by atoms with Crippen molar-refractivity contribution < 1.29 is 9.47 Å². The predicted molar refractivity (Wildman–Crippen MR) is 83.4 cm³/mol. The van der Waals surface area contributed by atoms with Crippen molar-refractivity contribution in [1.29, 1.82) is 0 Å². The number of hydrogen-bond donors (Lipinski definition) is 0. The van der Waals surface area contributed by atoms with Gasteiger partial charge in [-0.25, -0.2) is 0 Å². The van der Waals surface area contributed by atoms with Gasteiger partial charge in [0.15, 0.2) is 0 Å². The maximum Gasteiger partial charge on any atom is 0.129 e. The van der Waals surface area contributed by atoms with Crippen LogP contribution in [0.3, 0.4) is 0 Å². The Kier molecular flexibility index (Phi) is 5.07. The fourth-order valence-corrected chi connectivity index (χ4v) is 2.23. The van der Waals surface area contributed by atoms with Crippen LogP contribution in [0, 0.1) is 5.92 Å². The zero-order valence-electron chi connectivity index (χ0n) is 12.9. The summed E-state index contributed by atoms with van der Waals surface area (Å²) in [6.45, 7) is 10.9. The van der Waals surface area contributed by atoms with Crippen molar-refractivity contribution >= 4 is 10.9 Å². The smallest absolute Gasteiger partial charge is 0.129 e. The molecule has 0 aliphatic heterocycles. The van der Waals surface area contributed by atoms with Crippen LogP contribution in [-0.4, -0.2) is 23.9 Å². The van der Waals surface area contributed by atoms with Crippen LogP contribution in [0.15, 0.2) is 30.5 Å². The van der Waals surface area contributed by atoms with Crippen molar-refractivity contribution in [1.82, 2.24) is 4.57 Å². The largest absolute Gasteiger partial charge is 0.490 e. The maximum absolute atomic E-state index is 5.85. The summed E-state index contributed by atoms with van der Waals surface area (Å²) >= 11 is 0. The molecule has 0 unspecified atom stereocenters. The van der Waals surface area contributed by atoms with E-state index >= 15 is 0 Å². The summed E-state index contributed by atoms with van der Waals surface area (Å²) in [5.41, 5.74) is 1.20. The van der Waals surface area contributed by atoms with Gasteiger partial charge in [0, 0.05) is 24.7 Å². The second-order valence-electron chi connectivity index (χ2n) is 5.83. The van der Waals surface area contributed by atoms with Crippen molar-refractivity contribution in [2.45, 2.75) is 40.3 Å². The van der Waals surface area contributed by atoms with Gasteiger partial charge >= 0.3 is 0 Å². The lowest BCUT2D eigenvalue weighted by atomic mass is 10.2. The first kappa shape index (κ1) is 14.9. The van der Waals surface area contributed by atoms with Crippen LogP contribution in [0.2, 0.25) is 0 Å². The number of fused-ring (bicyclic) bond motifs is 1. The lowest BCUT2D eigenvalue weighted by molar-refractivity contribution is 0.104. The zero-order valence-corrected chi connectivity index (χ0v) is 12.9. The first-order valence-electron chi connectivity index (χ1n) is 7.40. The lowest BCUT2D eigenvalue weighted by Gasteiger charge is -2.12. The van der Waals surface area contributed by atoms with Crippen molar-refractivity contribution in [2.24, 2.45) is 5.92 Å². The van der Waals surface area contributed by atoms with Crippen LogP contribution in [-0.2, 0) is 11.3 Å². The molecule has 0 aliphatic carbocycles. The minimum absolute atomic E-state index is 0.193. The molecule has 3 heteroatoms. The van der Waals surface area contributed by atoms with Gasteiger partial charge in [0.1, 0.15) is 5.75 Å². The Balaban J connectivity index is 2.08. The molecule has 0 bridgehead atoms. The molecule has 2 aromatic rings. The minimum Gasteiger partial charge on any atom is -0.490 e. The molecule has 0 spiro atoms. The first-order chi connectivity index (χ1) is 9.58. The van der Waals surface area contributed by atoms with Crippen molar-refractivity contribution in [3.05, 3.63) is 30.5 Å². The molecule has 0 N–H and O–H groups in total. The molecule has 0 fully saturated rings. The minimum atomic E-state index is 0.193. The summed E-state index contributed by atoms with van der Waals surface area (Å²) in [4.78, 5) is 0. The molecular formula is C17H25NO2. The number of nitrogens with zero attached hydrogens (tertiary/aromatic N) is 1. The van der Waals surface area contributed by atoms with E-state index in [0.29, 0.717) is 5.92 Å². The van der Waals surface area contributed by atoms with Crippen LogP contribution in [0.4, 0.5) is 0 Å². The Bertz CT molecular complexity index is 543. The highest BCUT2D eigenvalue weighted by atomic mass is 16.5. The fraction of sp³-hybridized carbons (Fsp3) is 0.529. The van der Waals surface area contributed by atoms with Gasteiger partial charge in [-0.3, -0.25) is 0 Å². The summed E-state index contributed by atoms with van der Waals surface area (Å²) in [5.74, 6) is 1.54. The Morgan fingerprint density at radius 1 is 1.10 bits per heavy atom. The highest BCUT2D eigenvalue weighted by Gasteiger charge is 2.07. The second-order valence-corrected chi connectivity index (χ2v) is 5.83. The maximum atomic E-state index is 5.85. The van der Waals surface area contributed by atoms with E-state index in [1.807, 2.05) is 12.1 Å². The van der Waals surface area contributed by atoms with E-state index in [2.05, 4.69) is 50.6 Å². The Hall–Kier alpha value is -1.48. The van der Waals surface area contributed by atoms with E-state index in [1.54, 1.807) is 0 Å². The van der Waals surface area contributed by atoms with Crippen LogP contribution in [0.1, 0.15) is 27.7 Å². The van der Waals surface area contributed by atoms with Gasteiger partial charge in [-0.15, -0.1) is 0 Å². The Morgan fingerprint density at radius 3 is 2.60 bits per heavy atom. The van der Waals surface area contributed by atoms with E-state index in [-0.39, 0.29) is 6.10 Å². The van der Waals surface area contributed by atoms with E-state index in [0.717, 1.165) is 25.5 Å². The van der Waals surface area contributed by atoms with E-state index in [1.165, 1.54) is 10.9 Å². The molecular weight excluding hydrogens is 250 g/mol. The zero-order chi connectivity index (χ0) is 14.5. The topological polar surface area (TPSA) is 23.4 Å². The number of benzene rings is 1. The Morgan fingerprint density at radius 2 is 1.90 bits per heavy atom. The molecule has 20 heavy (non-hydrogen) atoms. The van der Waals surface area contributed by atoms with Crippen molar-refractivity contribution in [2.75, 3.05) is 13.2 Å². The standard InChI is InChI=1S/C17H25NO2/c1-13(2)12-19-11-10-18-9-8-15-16(18)6-5-7-17(15)20-14(3)4/h5-9,13-14H,10-12H2,1-4H3. The quantitative estimate of drug-likeness (QED) is 0.710.